The zero-order chi connectivity index (χ0) is 83.2. The molecule has 12 aromatic rings. The second kappa shape index (κ2) is 35.8. The molecule has 3 aromatic carbocycles. The predicted octanol–water partition coefficient (Wildman–Crippen LogP) is 14.0. The SMILES string of the molecule is Cc1ccc(NC2CC3CCC2N(C(=O)c2ccc(C)nc2-c2ncccn2)C3)nc1.Cc1ccc(NC2CC3CCC2N(C(=O)c2cccc(F)c2-c2ncccn2)C3)nc1.Cc1ccc(NC2CC3CCC2N(C(=O)c2cccc(F)c2-n2nccn2)C3)nc1.Cc1ccc(NC2CC3CCC2N(C(=O)c2ccccc2-n2nccn2)C3)nc1. The van der Waals surface area contributed by atoms with E-state index >= 15 is 0 Å². The largest absolute Gasteiger partial charge is 0.365 e. The van der Waals surface area contributed by atoms with Crippen molar-refractivity contribution in [2.45, 2.75) is 160 Å². The zero-order valence-electron chi connectivity index (χ0n) is 68.3. The van der Waals surface area contributed by atoms with Crippen LogP contribution in [0, 0.1) is 69.9 Å². The van der Waals surface area contributed by atoms with Crippen molar-refractivity contribution in [3.63, 3.8) is 0 Å². The van der Waals surface area contributed by atoms with Crippen LogP contribution in [0.2, 0.25) is 0 Å². The van der Waals surface area contributed by atoms with Crippen LogP contribution in [0.15, 0.2) is 208 Å². The molecule has 12 fully saturated rings. The fourth-order valence-corrected chi connectivity index (χ4v) is 19.0. The van der Waals surface area contributed by atoms with Crippen molar-refractivity contribution in [3.05, 3.63) is 270 Å². The molecule has 0 spiro atoms. The molecule has 4 N–H and O–H groups in total. The number of halogens is 2. The van der Waals surface area contributed by atoms with Crippen molar-refractivity contribution in [1.82, 2.24) is 94.4 Å². The van der Waals surface area contributed by atoms with Gasteiger partial charge in [0.1, 0.15) is 40.5 Å². The Morgan fingerprint density at radius 3 is 1.12 bits per heavy atom. The molecule has 121 heavy (non-hydrogen) atoms. The van der Waals surface area contributed by atoms with Crippen molar-refractivity contribution in [1.29, 1.82) is 0 Å². The highest BCUT2D eigenvalue weighted by molar-refractivity contribution is 6.02. The Balaban J connectivity index is 0.000000115. The van der Waals surface area contributed by atoms with Gasteiger partial charge in [-0.2, -0.15) is 25.2 Å². The molecule has 27 nitrogen and oxygen atoms in total. The van der Waals surface area contributed by atoms with Gasteiger partial charge in [-0.3, -0.25) is 19.2 Å². The van der Waals surface area contributed by atoms with E-state index in [1.165, 1.54) is 40.5 Å². The zero-order valence-corrected chi connectivity index (χ0v) is 68.3. The number of carbonyl (C=O) groups is 4. The number of piperidine rings is 8. The summed E-state index contributed by atoms with van der Waals surface area (Å²) < 4.78 is 29.4. The number of aromatic nitrogens is 15. The van der Waals surface area contributed by atoms with Crippen molar-refractivity contribution in [2.24, 2.45) is 23.7 Å². The molecule has 4 amide bonds. The van der Waals surface area contributed by atoms with E-state index in [4.69, 9.17) is 0 Å². The molecule has 12 unspecified atom stereocenters. The van der Waals surface area contributed by atoms with Crippen LogP contribution in [0.25, 0.3) is 34.3 Å². The summed E-state index contributed by atoms with van der Waals surface area (Å²) in [4.78, 5) is 105. The predicted molar refractivity (Wildman–Crippen MR) is 454 cm³/mol. The van der Waals surface area contributed by atoms with Crippen LogP contribution in [0.1, 0.15) is 146 Å². The topological polar surface area (TPSA) is 307 Å². The molecule has 8 aliphatic heterocycles. The van der Waals surface area contributed by atoms with Crippen molar-refractivity contribution >= 4 is 46.9 Å². The first-order valence-corrected chi connectivity index (χ1v) is 41.9. The Morgan fingerprint density at radius 2 is 0.702 bits per heavy atom. The van der Waals surface area contributed by atoms with Crippen LogP contribution >= 0.6 is 0 Å². The minimum atomic E-state index is -0.516. The van der Waals surface area contributed by atoms with Gasteiger partial charge in [-0.25, -0.2) is 53.6 Å². The Morgan fingerprint density at radius 1 is 0.339 bits per heavy atom. The first-order valence-electron chi connectivity index (χ1n) is 41.9. The van der Waals surface area contributed by atoms with Crippen LogP contribution in [0.5, 0.6) is 0 Å². The maximum atomic E-state index is 14.8. The molecule has 618 valence electrons. The Hall–Kier alpha value is -13.2. The van der Waals surface area contributed by atoms with Gasteiger partial charge in [-0.15, -0.1) is 4.80 Å². The first-order chi connectivity index (χ1) is 59.0. The van der Waals surface area contributed by atoms with Crippen molar-refractivity contribution in [2.75, 3.05) is 47.4 Å². The third kappa shape index (κ3) is 17.8. The summed E-state index contributed by atoms with van der Waals surface area (Å²) >= 11 is 0. The lowest BCUT2D eigenvalue weighted by Crippen LogP contribution is -2.59. The molecule has 24 rings (SSSR count). The van der Waals surface area contributed by atoms with Gasteiger partial charge in [-0.05, 0) is 243 Å². The van der Waals surface area contributed by atoms with E-state index in [1.54, 1.807) is 73.6 Å². The number of rotatable bonds is 16. The van der Waals surface area contributed by atoms with Gasteiger partial charge in [0.15, 0.2) is 17.5 Å². The van der Waals surface area contributed by atoms with Crippen LogP contribution in [0.4, 0.5) is 32.1 Å². The number of para-hydroxylation sites is 2. The van der Waals surface area contributed by atoms with Crippen LogP contribution < -0.4 is 21.3 Å². The molecule has 29 heteroatoms. The standard InChI is InChI=1S/C24H24FN5O.C24H26N6O.C22H23FN6O.C22H24N6O/c1-15-6-9-21(28-13-15)29-19-12-16-7-8-20(19)30(14-16)24(31)17-4-2-5-18(25)22(17)23-26-10-3-11-27-23;1-15-4-9-21(27-13-15)29-19-12-17-6-8-20(19)30(14-17)24(31)18-7-5-16(2)28-22(18)23-25-10-3-11-26-23;1-14-5-8-20(24-12-14)27-18-11-15-6-7-19(18)28(13-15)22(30)16-3-2-4-17(23)21(16)29-25-9-10-26-29;1-15-6-9-21(23-13-15)26-18-12-16-7-8-20(18)27(14-16)22(29)17-4-2-3-5-19(17)28-24-10-11-25-28/h2-6,9-11,13,16,19-20H,7-8,12,14H2,1H3,(H,28,29);3-5,7,9-11,13,17,19-20H,6,8,12,14H2,1-2H3,(H,27,29);2-5,8-10,12,15,18-19H,6-7,11,13H2,1H3,(H,24,27);2-6,9-11,13,16,18,20H,7-8,12,14H2,1H3,(H,23,26). The molecule has 12 atom stereocenters. The third-order valence-electron chi connectivity index (χ3n) is 24.8. The lowest BCUT2D eigenvalue weighted by molar-refractivity contribution is 0.0277. The average Bonchev–Trinajstić information content (AvgIpc) is 1.13. The maximum Gasteiger partial charge on any atom is 0.256 e. The molecule has 4 saturated carbocycles. The molecule has 12 aliphatic rings. The summed E-state index contributed by atoms with van der Waals surface area (Å²) in [5.41, 5.74) is 8.66. The van der Waals surface area contributed by atoms with Crippen LogP contribution in [0.3, 0.4) is 0 Å². The highest BCUT2D eigenvalue weighted by Crippen LogP contribution is 2.43. The summed E-state index contributed by atoms with van der Waals surface area (Å²) in [7, 11) is 0. The summed E-state index contributed by atoms with van der Waals surface area (Å²) in [6.07, 6.45) is 32.6. The number of nitrogens with one attached hydrogen (secondary N) is 4. The van der Waals surface area contributed by atoms with Gasteiger partial charge in [0.2, 0.25) is 0 Å². The van der Waals surface area contributed by atoms with Gasteiger partial charge < -0.3 is 40.9 Å². The smallest absolute Gasteiger partial charge is 0.256 e. The van der Waals surface area contributed by atoms with E-state index in [0.29, 0.717) is 70.7 Å². The van der Waals surface area contributed by atoms with Gasteiger partial charge in [0.05, 0.1) is 82.5 Å². The fourth-order valence-electron chi connectivity index (χ4n) is 19.0. The normalized spacial score (nSPS) is 22.7. The molecule has 4 aliphatic carbocycles. The molecular formula is C92H97F2N23O4. The lowest BCUT2D eigenvalue weighted by atomic mass is 9.76. The lowest BCUT2D eigenvalue weighted by Gasteiger charge is -2.50. The molecular weight excluding hydrogens is 1530 g/mol. The Kier molecular flexibility index (Phi) is 23.7. The number of aryl methyl sites for hydroxylation is 5. The van der Waals surface area contributed by atoms with E-state index in [-0.39, 0.29) is 94.6 Å². The monoisotopic (exact) mass is 1630 g/mol. The number of benzene rings is 3. The van der Waals surface area contributed by atoms with Gasteiger partial charge >= 0.3 is 0 Å². The first kappa shape index (κ1) is 80.2. The van der Waals surface area contributed by atoms with E-state index < -0.39 is 11.6 Å². The quantitative estimate of drug-likeness (QED) is 0.0698. The minimum absolute atomic E-state index is 0.00742. The van der Waals surface area contributed by atoms with Gasteiger partial charge in [-0.1, -0.05) is 48.5 Å². The maximum absolute atomic E-state index is 14.8. The summed E-state index contributed by atoms with van der Waals surface area (Å²) in [5.74, 6) is 4.64. The van der Waals surface area contributed by atoms with Gasteiger partial charge in [0, 0.05) is 106 Å². The number of fused-ring (bicyclic) bond motifs is 12. The number of carbonyl (C=O) groups excluding carboxylic acids is 4. The average molecular weight is 1630 g/mol. The number of nitrogens with zero attached hydrogens (tertiary/aromatic N) is 19. The molecule has 9 aromatic heterocycles. The second-order valence-corrected chi connectivity index (χ2v) is 33.1. The number of hydrogen-bond acceptors (Lipinski definition) is 21. The number of pyridine rings is 5. The van der Waals surface area contributed by atoms with Gasteiger partial charge in [0.25, 0.3) is 23.6 Å². The van der Waals surface area contributed by atoms with Crippen molar-refractivity contribution in [3.8, 4) is 34.3 Å². The van der Waals surface area contributed by atoms with Crippen LogP contribution in [-0.4, -0.2) is 193 Å². The summed E-state index contributed by atoms with van der Waals surface area (Å²) in [6.45, 7) is 13.0. The van der Waals surface area contributed by atoms with E-state index in [9.17, 15) is 28.0 Å². The number of anilines is 4. The molecule has 17 heterocycles. The van der Waals surface area contributed by atoms with E-state index in [0.717, 1.165) is 135 Å². The third-order valence-corrected chi connectivity index (χ3v) is 24.8. The number of amides is 4. The summed E-state index contributed by atoms with van der Waals surface area (Å²) in [6, 6.07) is 41.0. The summed E-state index contributed by atoms with van der Waals surface area (Å²) in [5, 5.41) is 30.7. The Bertz CT molecular complexity index is 5610. The second-order valence-electron chi connectivity index (χ2n) is 33.1. The molecule has 8 saturated heterocycles. The number of hydrogen-bond donors (Lipinski definition) is 4. The van der Waals surface area contributed by atoms with Crippen LogP contribution in [-0.2, 0) is 0 Å². The fraction of sp³-hybridized carbons (Fsp3) is 0.359. The van der Waals surface area contributed by atoms with E-state index in [2.05, 4.69) is 98.7 Å². The Labute approximate surface area is 700 Å². The van der Waals surface area contributed by atoms with E-state index in [1.807, 2.05) is 152 Å². The minimum Gasteiger partial charge on any atom is -0.365 e. The molecule has 8 bridgehead atoms. The highest BCUT2D eigenvalue weighted by Gasteiger charge is 2.48. The molecule has 0 radical (unpaired) electrons. The highest BCUT2D eigenvalue weighted by atomic mass is 19.1. The van der Waals surface area contributed by atoms with Crippen molar-refractivity contribution < 1.29 is 28.0 Å².